The molecule has 5 heteroatoms. The Kier molecular flexibility index (Phi) is 3.27. The lowest BCUT2D eigenvalue weighted by molar-refractivity contribution is -0.139. The maximum Gasteiger partial charge on any atom is 0.305 e. The minimum absolute atomic E-state index is 0.0393. The fourth-order valence-corrected chi connectivity index (χ4v) is 4.84. The molecule has 0 radical (unpaired) electrons. The van der Waals surface area contributed by atoms with Crippen molar-refractivity contribution in [3.63, 3.8) is 0 Å². The lowest BCUT2D eigenvalue weighted by atomic mass is 9.96. The maximum atomic E-state index is 12.5. The molecule has 5 nitrogen and oxygen atoms in total. The SMILES string of the molecule is COCC(C)(CC(=O)O)NC(=O)C1C2C3CCC(C3)C12. The van der Waals surface area contributed by atoms with Crippen LogP contribution in [0.4, 0.5) is 0 Å². The summed E-state index contributed by atoms with van der Waals surface area (Å²) in [7, 11) is 1.53. The number of carbonyl (C=O) groups is 2. The van der Waals surface area contributed by atoms with E-state index < -0.39 is 11.5 Å². The van der Waals surface area contributed by atoms with E-state index in [-0.39, 0.29) is 24.9 Å². The maximum absolute atomic E-state index is 12.5. The van der Waals surface area contributed by atoms with E-state index in [9.17, 15) is 9.59 Å². The van der Waals surface area contributed by atoms with E-state index in [1.165, 1.54) is 26.4 Å². The van der Waals surface area contributed by atoms with Crippen molar-refractivity contribution in [1.82, 2.24) is 5.32 Å². The van der Waals surface area contributed by atoms with E-state index in [0.717, 1.165) is 11.8 Å². The number of hydrogen-bond acceptors (Lipinski definition) is 3. The van der Waals surface area contributed by atoms with Gasteiger partial charge in [-0.15, -0.1) is 0 Å². The number of carboxylic acid groups (broad SMARTS) is 1. The van der Waals surface area contributed by atoms with Crippen LogP contribution in [0, 0.1) is 29.6 Å². The molecule has 0 heterocycles. The zero-order valence-corrected chi connectivity index (χ0v) is 12.1. The highest BCUT2D eigenvalue weighted by Crippen LogP contribution is 2.69. The summed E-state index contributed by atoms with van der Waals surface area (Å²) >= 11 is 0. The molecule has 3 saturated carbocycles. The normalized spacial score (nSPS) is 40.0. The molecule has 5 unspecified atom stereocenters. The number of methoxy groups -OCH3 is 1. The molecule has 3 rings (SSSR count). The molecular formula is C15H23NO4. The van der Waals surface area contributed by atoms with Gasteiger partial charge in [0.25, 0.3) is 0 Å². The van der Waals surface area contributed by atoms with Crippen molar-refractivity contribution in [1.29, 1.82) is 0 Å². The van der Waals surface area contributed by atoms with E-state index in [4.69, 9.17) is 9.84 Å². The van der Waals surface area contributed by atoms with Crippen LogP contribution in [0.1, 0.15) is 32.6 Å². The molecule has 2 bridgehead atoms. The van der Waals surface area contributed by atoms with Gasteiger partial charge in [-0.25, -0.2) is 0 Å². The number of carbonyl (C=O) groups excluding carboxylic acids is 1. The van der Waals surface area contributed by atoms with Crippen LogP contribution in [0.25, 0.3) is 0 Å². The molecule has 0 saturated heterocycles. The Bertz CT molecular complexity index is 422. The van der Waals surface area contributed by atoms with Crippen LogP contribution in [0.5, 0.6) is 0 Å². The first-order chi connectivity index (χ1) is 9.45. The van der Waals surface area contributed by atoms with Gasteiger partial charge in [0, 0.05) is 13.0 Å². The van der Waals surface area contributed by atoms with Crippen molar-refractivity contribution < 1.29 is 19.4 Å². The van der Waals surface area contributed by atoms with E-state index in [1.807, 2.05) is 0 Å². The van der Waals surface area contributed by atoms with Gasteiger partial charge in [0.1, 0.15) is 0 Å². The smallest absolute Gasteiger partial charge is 0.305 e. The Morgan fingerprint density at radius 2 is 1.90 bits per heavy atom. The number of ether oxygens (including phenoxy) is 1. The third kappa shape index (κ3) is 2.22. The molecule has 0 spiro atoms. The van der Waals surface area contributed by atoms with Crippen molar-refractivity contribution in [2.45, 2.75) is 38.1 Å². The molecular weight excluding hydrogens is 258 g/mol. The summed E-state index contributed by atoms with van der Waals surface area (Å²) < 4.78 is 5.08. The number of nitrogens with one attached hydrogen (secondary N) is 1. The molecule has 0 aromatic carbocycles. The fourth-order valence-electron chi connectivity index (χ4n) is 4.84. The van der Waals surface area contributed by atoms with Gasteiger partial charge in [0.05, 0.1) is 18.6 Å². The number of aliphatic carboxylic acids is 1. The molecule has 0 aliphatic heterocycles. The van der Waals surface area contributed by atoms with Gasteiger partial charge in [-0.2, -0.15) is 0 Å². The second-order valence-corrected chi connectivity index (χ2v) is 7.07. The van der Waals surface area contributed by atoms with Crippen molar-refractivity contribution >= 4 is 11.9 Å². The molecule has 3 fully saturated rings. The Labute approximate surface area is 119 Å². The fraction of sp³-hybridized carbons (Fsp3) is 0.867. The van der Waals surface area contributed by atoms with Crippen LogP contribution in [-0.2, 0) is 14.3 Å². The van der Waals surface area contributed by atoms with E-state index in [0.29, 0.717) is 11.8 Å². The summed E-state index contributed by atoms with van der Waals surface area (Å²) in [6.07, 6.45) is 3.76. The molecule has 1 amide bonds. The predicted octanol–water partition coefficient (Wildman–Crippen LogP) is 1.27. The summed E-state index contributed by atoms with van der Waals surface area (Å²) in [5.74, 6) is 1.89. The number of rotatable bonds is 6. The first kappa shape index (κ1) is 13.9. The summed E-state index contributed by atoms with van der Waals surface area (Å²) in [5.41, 5.74) is -0.812. The third-order valence-electron chi connectivity index (χ3n) is 5.47. The monoisotopic (exact) mass is 281 g/mol. The van der Waals surface area contributed by atoms with Gasteiger partial charge in [0.15, 0.2) is 0 Å². The lowest BCUT2D eigenvalue weighted by Crippen LogP contribution is -2.51. The van der Waals surface area contributed by atoms with Crippen molar-refractivity contribution in [3.8, 4) is 0 Å². The molecule has 0 aromatic rings. The van der Waals surface area contributed by atoms with Crippen LogP contribution >= 0.6 is 0 Å². The second-order valence-electron chi connectivity index (χ2n) is 7.07. The molecule has 5 atom stereocenters. The molecule has 2 N–H and O–H groups in total. The van der Waals surface area contributed by atoms with Crippen LogP contribution in [-0.4, -0.2) is 36.2 Å². The third-order valence-corrected chi connectivity index (χ3v) is 5.47. The Morgan fingerprint density at radius 1 is 1.30 bits per heavy atom. The van der Waals surface area contributed by atoms with Gasteiger partial charge in [-0.1, -0.05) is 0 Å². The summed E-state index contributed by atoms with van der Waals surface area (Å²) in [4.78, 5) is 23.4. The second kappa shape index (κ2) is 4.72. The average Bonchev–Trinajstić information content (AvgIpc) is 2.78. The van der Waals surface area contributed by atoms with E-state index in [1.54, 1.807) is 6.92 Å². The van der Waals surface area contributed by atoms with Crippen molar-refractivity contribution in [3.05, 3.63) is 0 Å². The van der Waals surface area contributed by atoms with Crippen LogP contribution in [0.15, 0.2) is 0 Å². The van der Waals surface area contributed by atoms with Gasteiger partial charge in [-0.3, -0.25) is 9.59 Å². The first-order valence-corrected chi connectivity index (χ1v) is 7.48. The largest absolute Gasteiger partial charge is 0.481 e. The summed E-state index contributed by atoms with van der Waals surface area (Å²) in [5, 5.41) is 11.9. The zero-order chi connectivity index (χ0) is 14.5. The highest BCUT2D eigenvalue weighted by Gasteiger charge is 2.67. The lowest BCUT2D eigenvalue weighted by Gasteiger charge is -2.29. The highest BCUT2D eigenvalue weighted by atomic mass is 16.5. The number of carboxylic acids is 1. The standard InChI is InChI=1S/C15H23NO4/c1-15(7-20-2,6-10(17)18)16-14(19)13-11-8-3-4-9(5-8)12(11)13/h8-9,11-13H,3-7H2,1-2H3,(H,16,19)(H,17,18). The van der Waals surface area contributed by atoms with E-state index in [2.05, 4.69) is 5.32 Å². The Morgan fingerprint density at radius 3 is 2.40 bits per heavy atom. The van der Waals surface area contributed by atoms with Gasteiger partial charge in [-0.05, 0) is 49.9 Å². The van der Waals surface area contributed by atoms with Crippen LogP contribution in [0.2, 0.25) is 0 Å². The van der Waals surface area contributed by atoms with E-state index >= 15 is 0 Å². The highest BCUT2D eigenvalue weighted by molar-refractivity contribution is 5.84. The quantitative estimate of drug-likeness (QED) is 0.769. The Hall–Kier alpha value is -1.10. The van der Waals surface area contributed by atoms with Crippen LogP contribution in [0.3, 0.4) is 0 Å². The summed E-state index contributed by atoms with van der Waals surface area (Å²) in [6, 6.07) is 0. The zero-order valence-electron chi connectivity index (χ0n) is 12.1. The van der Waals surface area contributed by atoms with Gasteiger partial charge in [0.2, 0.25) is 5.91 Å². The van der Waals surface area contributed by atoms with Gasteiger partial charge >= 0.3 is 5.97 Å². The minimum atomic E-state index is -0.916. The first-order valence-electron chi connectivity index (χ1n) is 7.48. The van der Waals surface area contributed by atoms with Crippen molar-refractivity contribution in [2.75, 3.05) is 13.7 Å². The average molecular weight is 281 g/mol. The molecule has 112 valence electrons. The Balaban J connectivity index is 1.62. The number of hydrogen-bond donors (Lipinski definition) is 2. The van der Waals surface area contributed by atoms with Crippen molar-refractivity contribution in [2.24, 2.45) is 29.6 Å². The van der Waals surface area contributed by atoms with Crippen LogP contribution < -0.4 is 5.32 Å². The molecule has 20 heavy (non-hydrogen) atoms. The number of fused-ring (bicyclic) bond motifs is 5. The van der Waals surface area contributed by atoms with Gasteiger partial charge < -0.3 is 15.2 Å². The molecule has 0 aromatic heterocycles. The minimum Gasteiger partial charge on any atom is -0.481 e. The predicted molar refractivity (Wildman–Crippen MR) is 72.0 cm³/mol. The number of amides is 1. The topological polar surface area (TPSA) is 75.6 Å². The summed E-state index contributed by atoms with van der Waals surface area (Å²) in [6.45, 7) is 1.97. The molecule has 3 aliphatic rings. The molecule has 3 aliphatic carbocycles.